The zero-order valence-electron chi connectivity index (χ0n) is 14.7. The molecule has 1 atom stereocenters. The molecule has 3 rings (SSSR count). The number of pyridine rings is 1. The molecule has 136 valence electrons. The van der Waals surface area contributed by atoms with E-state index in [1.165, 1.54) is 6.20 Å². The molecule has 7 heteroatoms. The van der Waals surface area contributed by atoms with Crippen molar-refractivity contribution >= 4 is 11.8 Å². The van der Waals surface area contributed by atoms with Gasteiger partial charge in [-0.15, -0.1) is 0 Å². The number of piperazine rings is 1. The number of nitrogens with zero attached hydrogens (tertiary/aromatic N) is 3. The molecule has 1 N–H and O–H groups in total. The van der Waals surface area contributed by atoms with Crippen LogP contribution in [-0.4, -0.2) is 78.6 Å². The van der Waals surface area contributed by atoms with E-state index in [9.17, 15) is 9.59 Å². The van der Waals surface area contributed by atoms with Gasteiger partial charge in [-0.2, -0.15) is 0 Å². The van der Waals surface area contributed by atoms with Crippen LogP contribution in [0.15, 0.2) is 18.3 Å². The maximum absolute atomic E-state index is 12.7. The monoisotopic (exact) mass is 346 g/mol. The molecule has 0 bridgehead atoms. The lowest BCUT2D eigenvalue weighted by molar-refractivity contribution is 0.0643. The molecule has 0 spiro atoms. The van der Waals surface area contributed by atoms with E-state index in [0.29, 0.717) is 12.1 Å². The predicted octanol–water partition coefficient (Wildman–Crippen LogP) is 0.768. The summed E-state index contributed by atoms with van der Waals surface area (Å²) in [4.78, 5) is 33.2. The van der Waals surface area contributed by atoms with Gasteiger partial charge in [0.2, 0.25) is 0 Å². The van der Waals surface area contributed by atoms with Gasteiger partial charge in [-0.3, -0.25) is 14.6 Å². The zero-order valence-corrected chi connectivity index (χ0v) is 14.7. The fourth-order valence-corrected chi connectivity index (χ4v) is 3.24. The number of carbonyl (C=O) groups is 2. The average molecular weight is 346 g/mol. The first-order valence-corrected chi connectivity index (χ1v) is 9.05. The second kappa shape index (κ2) is 8.40. The molecule has 2 saturated heterocycles. The van der Waals surface area contributed by atoms with Gasteiger partial charge in [0.25, 0.3) is 11.8 Å². The molecule has 25 heavy (non-hydrogen) atoms. The first-order chi connectivity index (χ1) is 12.2. The van der Waals surface area contributed by atoms with Crippen LogP contribution in [-0.2, 0) is 4.74 Å². The van der Waals surface area contributed by atoms with Crippen molar-refractivity contribution in [3.8, 4) is 0 Å². The zero-order chi connectivity index (χ0) is 17.6. The second-order valence-electron chi connectivity index (χ2n) is 6.50. The minimum atomic E-state index is -0.263. The van der Waals surface area contributed by atoms with Gasteiger partial charge in [-0.25, -0.2) is 0 Å². The Labute approximate surface area is 148 Å². The molecular weight excluding hydrogens is 320 g/mol. The van der Waals surface area contributed by atoms with Crippen LogP contribution < -0.4 is 5.32 Å². The Morgan fingerprint density at radius 3 is 2.80 bits per heavy atom. The lowest BCUT2D eigenvalue weighted by Crippen LogP contribution is -2.48. The molecule has 2 aliphatic rings. The molecule has 2 amide bonds. The number of carbonyl (C=O) groups excluding carboxylic acids is 2. The highest BCUT2D eigenvalue weighted by Crippen LogP contribution is 2.12. The number of hydrogen-bond donors (Lipinski definition) is 1. The van der Waals surface area contributed by atoms with Crippen LogP contribution in [0, 0.1) is 0 Å². The van der Waals surface area contributed by atoms with Gasteiger partial charge >= 0.3 is 0 Å². The smallest absolute Gasteiger partial charge is 0.269 e. The molecule has 1 aromatic rings. The summed E-state index contributed by atoms with van der Waals surface area (Å²) in [6.45, 7) is 7.59. The maximum atomic E-state index is 12.7. The minimum Gasteiger partial charge on any atom is -0.376 e. The number of likely N-dealkylation sites (N-methyl/N-ethyl adjacent to an activating group) is 1. The molecule has 1 aromatic heterocycles. The second-order valence-corrected chi connectivity index (χ2v) is 6.50. The highest BCUT2D eigenvalue weighted by atomic mass is 16.5. The van der Waals surface area contributed by atoms with E-state index in [1.807, 2.05) is 4.90 Å². The van der Waals surface area contributed by atoms with E-state index in [2.05, 4.69) is 22.1 Å². The highest BCUT2D eigenvalue weighted by molar-refractivity contribution is 5.98. The Morgan fingerprint density at radius 2 is 2.12 bits per heavy atom. The average Bonchev–Trinajstić information content (AvgIpc) is 3.19. The summed E-state index contributed by atoms with van der Waals surface area (Å²) >= 11 is 0. The van der Waals surface area contributed by atoms with Gasteiger partial charge in [0.15, 0.2) is 0 Å². The highest BCUT2D eigenvalue weighted by Gasteiger charge is 2.22. The molecule has 0 aromatic carbocycles. The van der Waals surface area contributed by atoms with Crippen LogP contribution >= 0.6 is 0 Å². The van der Waals surface area contributed by atoms with Crippen LogP contribution in [0.3, 0.4) is 0 Å². The summed E-state index contributed by atoms with van der Waals surface area (Å²) in [6, 6.07) is 3.25. The van der Waals surface area contributed by atoms with Gasteiger partial charge in [0.05, 0.1) is 6.10 Å². The SMILES string of the molecule is CCN1CCN(C(=O)c2ccnc(C(=O)NCC3CCCO3)c2)CC1. The summed E-state index contributed by atoms with van der Waals surface area (Å²) in [5.74, 6) is -0.299. The van der Waals surface area contributed by atoms with E-state index in [4.69, 9.17) is 4.74 Å². The number of rotatable bonds is 5. The van der Waals surface area contributed by atoms with E-state index in [1.54, 1.807) is 12.1 Å². The standard InChI is InChI=1S/C18H26N4O3/c1-2-21-7-9-22(10-8-21)18(24)14-5-6-19-16(12-14)17(23)20-13-15-4-3-11-25-15/h5-6,12,15H,2-4,7-11,13H2,1H3,(H,20,23). The Bertz CT molecular complexity index is 608. The van der Waals surface area contributed by atoms with Gasteiger partial charge < -0.3 is 19.9 Å². The number of aromatic nitrogens is 1. The minimum absolute atomic E-state index is 0.0358. The molecular formula is C18H26N4O3. The summed E-state index contributed by atoms with van der Waals surface area (Å²) in [5.41, 5.74) is 0.790. The normalized spacial score (nSPS) is 21.3. The predicted molar refractivity (Wildman–Crippen MR) is 93.6 cm³/mol. The van der Waals surface area contributed by atoms with Gasteiger partial charge in [0.1, 0.15) is 5.69 Å². The third kappa shape index (κ3) is 4.55. The van der Waals surface area contributed by atoms with Crippen molar-refractivity contribution < 1.29 is 14.3 Å². The van der Waals surface area contributed by atoms with Crippen molar-refractivity contribution in [2.24, 2.45) is 0 Å². The number of amides is 2. The molecule has 3 heterocycles. The summed E-state index contributed by atoms with van der Waals surface area (Å²) in [6.07, 6.45) is 3.62. The Morgan fingerprint density at radius 1 is 1.32 bits per heavy atom. The molecule has 2 fully saturated rings. The van der Waals surface area contributed by atoms with Crippen molar-refractivity contribution in [1.29, 1.82) is 0 Å². The molecule has 0 saturated carbocycles. The van der Waals surface area contributed by atoms with Gasteiger partial charge in [-0.1, -0.05) is 6.92 Å². The van der Waals surface area contributed by atoms with Gasteiger partial charge in [0, 0.05) is 51.1 Å². The first kappa shape index (κ1) is 17.8. The Kier molecular flexibility index (Phi) is 5.99. The fourth-order valence-electron chi connectivity index (χ4n) is 3.24. The van der Waals surface area contributed by atoms with E-state index < -0.39 is 0 Å². The summed E-state index contributed by atoms with van der Waals surface area (Å²) < 4.78 is 5.50. The fraction of sp³-hybridized carbons (Fsp3) is 0.611. The van der Waals surface area contributed by atoms with Crippen molar-refractivity contribution in [3.63, 3.8) is 0 Å². The van der Waals surface area contributed by atoms with Gasteiger partial charge in [-0.05, 0) is 31.5 Å². The van der Waals surface area contributed by atoms with Crippen molar-refractivity contribution in [3.05, 3.63) is 29.6 Å². The van der Waals surface area contributed by atoms with Crippen LogP contribution in [0.1, 0.15) is 40.6 Å². The molecule has 0 radical (unpaired) electrons. The third-order valence-corrected chi connectivity index (χ3v) is 4.86. The third-order valence-electron chi connectivity index (χ3n) is 4.86. The van der Waals surface area contributed by atoms with Crippen LogP contribution in [0.5, 0.6) is 0 Å². The van der Waals surface area contributed by atoms with Crippen LogP contribution in [0.4, 0.5) is 0 Å². The molecule has 2 aliphatic heterocycles. The number of ether oxygens (including phenoxy) is 1. The largest absolute Gasteiger partial charge is 0.376 e. The molecule has 7 nitrogen and oxygen atoms in total. The topological polar surface area (TPSA) is 74.8 Å². The Balaban J connectivity index is 1.58. The van der Waals surface area contributed by atoms with Crippen molar-refractivity contribution in [2.45, 2.75) is 25.9 Å². The van der Waals surface area contributed by atoms with Crippen LogP contribution in [0.2, 0.25) is 0 Å². The molecule has 1 unspecified atom stereocenters. The van der Waals surface area contributed by atoms with Crippen LogP contribution in [0.25, 0.3) is 0 Å². The number of nitrogens with one attached hydrogen (secondary N) is 1. The number of hydrogen-bond acceptors (Lipinski definition) is 5. The van der Waals surface area contributed by atoms with E-state index in [-0.39, 0.29) is 23.6 Å². The van der Waals surface area contributed by atoms with E-state index in [0.717, 1.165) is 52.2 Å². The maximum Gasteiger partial charge on any atom is 0.269 e. The first-order valence-electron chi connectivity index (χ1n) is 9.05. The lowest BCUT2D eigenvalue weighted by atomic mass is 10.1. The summed E-state index contributed by atoms with van der Waals surface area (Å²) in [7, 11) is 0. The Hall–Kier alpha value is -1.99. The van der Waals surface area contributed by atoms with E-state index >= 15 is 0 Å². The lowest BCUT2D eigenvalue weighted by Gasteiger charge is -2.34. The van der Waals surface area contributed by atoms with Crippen molar-refractivity contribution in [2.75, 3.05) is 45.9 Å². The van der Waals surface area contributed by atoms with Crippen molar-refractivity contribution in [1.82, 2.24) is 20.1 Å². The summed E-state index contributed by atoms with van der Waals surface area (Å²) in [5, 5.41) is 2.84. The molecule has 0 aliphatic carbocycles. The quantitative estimate of drug-likeness (QED) is 0.852.